The average Bonchev–Trinajstić information content (AvgIpc) is 3.06. The molecule has 0 radical (unpaired) electrons. The molecule has 0 saturated heterocycles. The van der Waals surface area contributed by atoms with Gasteiger partial charge in [0.25, 0.3) is 5.69 Å². The second-order valence-electron chi connectivity index (χ2n) is 6.12. The van der Waals surface area contributed by atoms with Crippen molar-refractivity contribution < 1.29 is 19.2 Å². The van der Waals surface area contributed by atoms with Gasteiger partial charge in [-0.15, -0.1) is 0 Å². The maximum absolute atomic E-state index is 12.9. The van der Waals surface area contributed by atoms with E-state index in [4.69, 9.17) is 4.74 Å². The fourth-order valence-electron chi connectivity index (χ4n) is 2.94. The van der Waals surface area contributed by atoms with Gasteiger partial charge in [0, 0.05) is 36.7 Å². The van der Waals surface area contributed by atoms with Crippen molar-refractivity contribution in [1.29, 1.82) is 0 Å². The van der Waals surface area contributed by atoms with Crippen molar-refractivity contribution in [2.75, 3.05) is 6.61 Å². The van der Waals surface area contributed by atoms with Gasteiger partial charge in [0.2, 0.25) is 5.78 Å². The zero-order valence-corrected chi connectivity index (χ0v) is 15.3. The Hall–Kier alpha value is -3.55. The number of aryl methyl sites for hydroxylation is 1. The number of nitro groups is 1. The molecule has 0 aliphatic rings. The number of fused-ring (bicyclic) bond motifs is 1. The molecular weight excluding hydrogens is 362 g/mol. The molecule has 0 fully saturated rings. The highest BCUT2D eigenvalue weighted by atomic mass is 16.6. The highest BCUT2D eigenvalue weighted by Crippen LogP contribution is 2.20. The number of pyridine rings is 1. The highest BCUT2D eigenvalue weighted by Gasteiger charge is 2.19. The third-order valence-corrected chi connectivity index (χ3v) is 4.26. The zero-order valence-electron chi connectivity index (χ0n) is 15.3. The first-order valence-electron chi connectivity index (χ1n) is 8.92. The lowest BCUT2D eigenvalue weighted by Crippen LogP contribution is -2.05. The van der Waals surface area contributed by atoms with Gasteiger partial charge in [0.05, 0.1) is 17.0 Å². The Bertz CT molecular complexity index is 1020. The van der Waals surface area contributed by atoms with Gasteiger partial charge in [-0.1, -0.05) is 6.07 Å². The molecule has 0 N–H and O–H groups in total. The van der Waals surface area contributed by atoms with Crippen LogP contribution in [0, 0.1) is 10.1 Å². The first kappa shape index (κ1) is 19.2. The number of hydrogen-bond acceptors (Lipinski definition) is 6. The largest absolute Gasteiger partial charge is 0.466 e. The number of non-ortho nitro benzene ring substituents is 1. The van der Waals surface area contributed by atoms with Crippen molar-refractivity contribution in [3.63, 3.8) is 0 Å². The van der Waals surface area contributed by atoms with Crippen LogP contribution in [0.1, 0.15) is 41.6 Å². The Kier molecular flexibility index (Phi) is 5.78. The molecule has 8 heteroatoms. The van der Waals surface area contributed by atoms with Gasteiger partial charge in [0.15, 0.2) is 0 Å². The number of aromatic nitrogens is 2. The summed E-state index contributed by atoms with van der Waals surface area (Å²) in [6.45, 7) is 2.11. The monoisotopic (exact) mass is 381 g/mol. The molecule has 2 heterocycles. The highest BCUT2D eigenvalue weighted by molar-refractivity contribution is 6.12. The molecule has 0 aliphatic carbocycles. The first-order chi connectivity index (χ1) is 13.5. The number of benzene rings is 1. The predicted octanol–water partition coefficient (Wildman–Crippen LogP) is 3.36. The van der Waals surface area contributed by atoms with Crippen molar-refractivity contribution >= 4 is 23.0 Å². The van der Waals surface area contributed by atoms with E-state index in [-0.39, 0.29) is 29.6 Å². The maximum Gasteiger partial charge on any atom is 0.305 e. The van der Waals surface area contributed by atoms with Crippen LogP contribution in [-0.2, 0) is 16.0 Å². The van der Waals surface area contributed by atoms with Crippen LogP contribution in [0.3, 0.4) is 0 Å². The number of carbonyl (C=O) groups is 2. The number of hydrogen-bond donors (Lipinski definition) is 0. The topological polar surface area (TPSA) is 104 Å². The van der Waals surface area contributed by atoms with Crippen molar-refractivity contribution in [3.8, 4) is 0 Å². The van der Waals surface area contributed by atoms with Gasteiger partial charge in [-0.25, -0.2) is 4.98 Å². The van der Waals surface area contributed by atoms with Gasteiger partial charge in [-0.2, -0.15) is 0 Å². The van der Waals surface area contributed by atoms with Gasteiger partial charge >= 0.3 is 5.97 Å². The lowest BCUT2D eigenvalue weighted by Gasteiger charge is -2.02. The van der Waals surface area contributed by atoms with Gasteiger partial charge in [0.1, 0.15) is 11.5 Å². The smallest absolute Gasteiger partial charge is 0.305 e. The molecule has 0 amide bonds. The molecule has 144 valence electrons. The lowest BCUT2D eigenvalue weighted by molar-refractivity contribution is -0.384. The summed E-state index contributed by atoms with van der Waals surface area (Å²) >= 11 is 0. The zero-order chi connectivity index (χ0) is 20.1. The number of nitrogens with zero attached hydrogens (tertiary/aromatic N) is 3. The van der Waals surface area contributed by atoms with Crippen molar-refractivity contribution in [2.24, 2.45) is 0 Å². The number of rotatable bonds is 8. The Balaban J connectivity index is 1.86. The summed E-state index contributed by atoms with van der Waals surface area (Å²) in [5.74, 6) is 0.103. The number of ketones is 1. The number of esters is 1. The van der Waals surface area contributed by atoms with E-state index in [0.29, 0.717) is 36.4 Å². The molecule has 3 rings (SSSR count). The molecule has 2 aromatic heterocycles. The van der Waals surface area contributed by atoms with Crippen molar-refractivity contribution in [3.05, 3.63) is 75.9 Å². The minimum Gasteiger partial charge on any atom is -0.466 e. The Labute approximate surface area is 160 Å². The van der Waals surface area contributed by atoms with Crippen molar-refractivity contribution in [2.45, 2.75) is 26.2 Å². The van der Waals surface area contributed by atoms with E-state index in [1.807, 2.05) is 22.7 Å². The van der Waals surface area contributed by atoms with Gasteiger partial charge in [-0.3, -0.25) is 19.7 Å². The molecule has 0 atom stereocenters. The van der Waals surface area contributed by atoms with E-state index in [9.17, 15) is 19.7 Å². The third-order valence-electron chi connectivity index (χ3n) is 4.26. The third kappa shape index (κ3) is 4.06. The van der Waals surface area contributed by atoms with Crippen LogP contribution >= 0.6 is 0 Å². The summed E-state index contributed by atoms with van der Waals surface area (Å²) < 4.78 is 6.75. The van der Waals surface area contributed by atoms with E-state index in [1.165, 1.54) is 24.3 Å². The Morgan fingerprint density at radius 2 is 1.93 bits per heavy atom. The molecule has 8 nitrogen and oxygen atoms in total. The van der Waals surface area contributed by atoms with Crippen LogP contribution in [0.15, 0.2) is 48.7 Å². The summed E-state index contributed by atoms with van der Waals surface area (Å²) in [5, 5.41) is 10.8. The van der Waals surface area contributed by atoms with Crippen LogP contribution in [-0.4, -0.2) is 32.7 Å². The fourth-order valence-corrected chi connectivity index (χ4v) is 2.94. The summed E-state index contributed by atoms with van der Waals surface area (Å²) in [5.41, 5.74) is 1.18. The summed E-state index contributed by atoms with van der Waals surface area (Å²) in [6.07, 6.45) is 3.16. The summed E-state index contributed by atoms with van der Waals surface area (Å²) in [7, 11) is 0. The Morgan fingerprint density at radius 1 is 1.18 bits per heavy atom. The maximum atomic E-state index is 12.9. The first-order valence-corrected chi connectivity index (χ1v) is 8.92. The molecule has 3 aromatic rings. The van der Waals surface area contributed by atoms with E-state index in [2.05, 4.69) is 4.98 Å². The Morgan fingerprint density at radius 3 is 2.61 bits per heavy atom. The molecule has 0 unspecified atom stereocenters. The van der Waals surface area contributed by atoms with Gasteiger partial charge in [-0.05, 0) is 37.6 Å². The number of ether oxygens (including phenoxy) is 1. The fraction of sp³-hybridized carbons (Fsp3) is 0.250. The molecule has 0 spiro atoms. The van der Waals surface area contributed by atoms with E-state index >= 15 is 0 Å². The SMILES string of the molecule is CCOC(=O)CCCc1nc(C(=O)c2ccc([N+](=O)[O-])cc2)c2ccccn12. The van der Waals surface area contributed by atoms with Crippen LogP contribution in [0.25, 0.3) is 5.52 Å². The van der Waals surface area contributed by atoms with Crippen LogP contribution in [0.5, 0.6) is 0 Å². The van der Waals surface area contributed by atoms with E-state index in [0.717, 1.165) is 0 Å². The van der Waals surface area contributed by atoms with Crippen LogP contribution in [0.2, 0.25) is 0 Å². The standard InChI is InChI=1S/C20H19N3O5/c1-2-28-18(24)8-5-7-17-21-19(16-6-3-4-13-22(16)17)20(25)14-9-11-15(12-10-14)23(26)27/h3-4,6,9-13H,2,5,7-8H2,1H3. The minimum absolute atomic E-state index is 0.0779. The summed E-state index contributed by atoms with van der Waals surface area (Å²) in [4.78, 5) is 39.2. The van der Waals surface area contributed by atoms with Crippen LogP contribution in [0.4, 0.5) is 5.69 Å². The second-order valence-corrected chi connectivity index (χ2v) is 6.12. The average molecular weight is 381 g/mol. The molecule has 0 saturated carbocycles. The van der Waals surface area contributed by atoms with E-state index in [1.54, 1.807) is 13.0 Å². The summed E-state index contributed by atoms with van der Waals surface area (Å²) in [6, 6.07) is 10.9. The lowest BCUT2D eigenvalue weighted by atomic mass is 10.1. The predicted molar refractivity (Wildman–Crippen MR) is 101 cm³/mol. The second kappa shape index (κ2) is 8.43. The molecule has 1 aromatic carbocycles. The number of nitro benzene ring substituents is 1. The van der Waals surface area contributed by atoms with E-state index < -0.39 is 4.92 Å². The molecule has 0 aliphatic heterocycles. The van der Waals surface area contributed by atoms with Crippen LogP contribution < -0.4 is 0 Å². The molecule has 28 heavy (non-hydrogen) atoms. The van der Waals surface area contributed by atoms with Crippen molar-refractivity contribution in [1.82, 2.24) is 9.38 Å². The minimum atomic E-state index is -0.512. The number of imidazole rings is 1. The number of carbonyl (C=O) groups excluding carboxylic acids is 2. The van der Waals surface area contributed by atoms with Gasteiger partial charge < -0.3 is 9.14 Å². The quantitative estimate of drug-likeness (QED) is 0.256. The molecular formula is C20H19N3O5. The molecule has 0 bridgehead atoms. The normalized spacial score (nSPS) is 10.8.